The molecule has 0 aliphatic heterocycles. The van der Waals surface area contributed by atoms with E-state index in [9.17, 15) is 4.79 Å². The van der Waals surface area contributed by atoms with Crippen LogP contribution in [0.3, 0.4) is 0 Å². The van der Waals surface area contributed by atoms with E-state index in [0.29, 0.717) is 26.1 Å². The predicted molar refractivity (Wildman–Crippen MR) is 125 cm³/mol. The maximum Gasteiger partial charge on any atom is 0.246 e. The van der Waals surface area contributed by atoms with E-state index < -0.39 is 0 Å². The van der Waals surface area contributed by atoms with Gasteiger partial charge in [-0.15, -0.1) is 0 Å². The first kappa shape index (κ1) is 21.1. The van der Waals surface area contributed by atoms with Crippen LogP contribution in [-0.2, 0) is 24.4 Å². The molecule has 0 aliphatic rings. The van der Waals surface area contributed by atoms with Crippen molar-refractivity contribution in [3.8, 4) is 6.07 Å². The second-order valence-corrected chi connectivity index (χ2v) is 7.76. The van der Waals surface area contributed by atoms with Crippen molar-refractivity contribution in [1.82, 2.24) is 19.2 Å². The lowest BCUT2D eigenvalue weighted by atomic mass is 10.1. The van der Waals surface area contributed by atoms with Crippen molar-refractivity contribution >= 4 is 22.9 Å². The molecule has 2 aromatic carbocycles. The molecular weight excluding hydrogens is 398 g/mol. The lowest BCUT2D eigenvalue weighted by Gasteiger charge is -2.13. The van der Waals surface area contributed by atoms with Crippen LogP contribution < -0.4 is 0 Å². The van der Waals surface area contributed by atoms with Gasteiger partial charge >= 0.3 is 0 Å². The number of nitrogens with zero attached hydrogens (tertiary/aromatic N) is 5. The van der Waals surface area contributed by atoms with Gasteiger partial charge in [0.15, 0.2) is 0 Å². The van der Waals surface area contributed by atoms with Gasteiger partial charge in [-0.05, 0) is 17.7 Å². The molecule has 32 heavy (non-hydrogen) atoms. The highest BCUT2D eigenvalue weighted by molar-refractivity contribution is 5.96. The molecule has 0 saturated carbocycles. The van der Waals surface area contributed by atoms with Crippen molar-refractivity contribution in [3.63, 3.8) is 0 Å². The number of fused-ring (bicyclic) bond motifs is 1. The molecule has 160 valence electrons. The summed E-state index contributed by atoms with van der Waals surface area (Å²) < 4.78 is 3.95. The minimum atomic E-state index is -0.0744. The molecule has 0 fully saturated rings. The fourth-order valence-corrected chi connectivity index (χ4v) is 3.75. The second kappa shape index (κ2) is 9.80. The second-order valence-electron chi connectivity index (χ2n) is 7.76. The average Bonchev–Trinajstić information content (AvgIpc) is 3.40. The number of hydrogen-bond donors (Lipinski definition) is 0. The summed E-state index contributed by atoms with van der Waals surface area (Å²) >= 11 is 0. The molecule has 0 aliphatic carbocycles. The Balaban J connectivity index is 1.41. The summed E-state index contributed by atoms with van der Waals surface area (Å²) in [6, 6.07) is 20.4. The average molecular weight is 424 g/mol. The number of likely N-dealkylation sites (N-methyl/N-ethyl adjacent to an activating group) is 1. The molecule has 0 atom stereocenters. The van der Waals surface area contributed by atoms with Crippen molar-refractivity contribution in [1.29, 1.82) is 5.26 Å². The van der Waals surface area contributed by atoms with Crippen LogP contribution >= 0.6 is 0 Å². The molecule has 2 heterocycles. The molecule has 0 radical (unpaired) electrons. The number of para-hydroxylation sites is 1. The summed E-state index contributed by atoms with van der Waals surface area (Å²) in [5.74, 6) is -0.0744. The molecule has 4 rings (SSSR count). The first-order valence-corrected chi connectivity index (χ1v) is 10.6. The Hall–Kier alpha value is -4.11. The quantitative estimate of drug-likeness (QED) is 0.393. The number of benzene rings is 2. The Labute approximate surface area is 187 Å². The molecule has 0 N–H and O–H groups in total. The Morgan fingerprint density at radius 2 is 1.88 bits per heavy atom. The molecular formula is C26H25N5O. The van der Waals surface area contributed by atoms with E-state index in [1.807, 2.05) is 65.6 Å². The van der Waals surface area contributed by atoms with Gasteiger partial charge in [0.2, 0.25) is 5.91 Å². The van der Waals surface area contributed by atoms with Crippen LogP contribution in [0.1, 0.15) is 23.1 Å². The van der Waals surface area contributed by atoms with E-state index in [4.69, 9.17) is 5.26 Å². The van der Waals surface area contributed by atoms with E-state index >= 15 is 0 Å². The highest BCUT2D eigenvalue weighted by Gasteiger charge is 2.10. The number of rotatable bonds is 8. The normalized spacial score (nSPS) is 11.1. The van der Waals surface area contributed by atoms with Crippen LogP contribution in [0.4, 0.5) is 0 Å². The SMILES string of the molecule is CN(Cc1cnn(Cc2ccccc2)c1)C(=O)C=Cc1cn(CCC#N)c2ccccc12. The molecule has 6 heteroatoms. The van der Waals surface area contributed by atoms with Crippen molar-refractivity contribution in [3.05, 3.63) is 96.0 Å². The van der Waals surface area contributed by atoms with E-state index in [0.717, 1.165) is 22.0 Å². The van der Waals surface area contributed by atoms with E-state index in [1.165, 1.54) is 5.56 Å². The summed E-state index contributed by atoms with van der Waals surface area (Å²) in [5, 5.41) is 14.4. The van der Waals surface area contributed by atoms with Crippen molar-refractivity contribution in [2.75, 3.05) is 7.05 Å². The minimum Gasteiger partial charge on any atom is -0.346 e. The monoisotopic (exact) mass is 423 g/mol. The topological polar surface area (TPSA) is 66.8 Å². The Morgan fingerprint density at radius 3 is 2.69 bits per heavy atom. The van der Waals surface area contributed by atoms with Gasteiger partial charge in [-0.1, -0.05) is 48.5 Å². The standard InChI is InChI=1S/C26H25N5O/c1-29(17-22-16-28-31(19-22)18-21-8-3-2-4-9-21)26(32)13-12-23-20-30(15-7-14-27)25-11-6-5-10-24(23)25/h2-6,8-13,16,19-20H,7,15,17-18H2,1H3. The maximum absolute atomic E-state index is 12.7. The largest absolute Gasteiger partial charge is 0.346 e. The third-order valence-electron chi connectivity index (χ3n) is 5.36. The molecule has 4 aromatic rings. The van der Waals surface area contributed by atoms with Crippen LogP contribution in [-0.4, -0.2) is 32.2 Å². The molecule has 6 nitrogen and oxygen atoms in total. The van der Waals surface area contributed by atoms with Gasteiger partial charge in [0.1, 0.15) is 0 Å². The number of aromatic nitrogens is 3. The highest BCUT2D eigenvalue weighted by atomic mass is 16.2. The molecule has 0 spiro atoms. The van der Waals surface area contributed by atoms with Gasteiger partial charge in [0.25, 0.3) is 0 Å². The van der Waals surface area contributed by atoms with Crippen molar-refractivity contribution in [2.45, 2.75) is 26.1 Å². The predicted octanol–water partition coefficient (Wildman–Crippen LogP) is 4.47. The number of aryl methyl sites for hydroxylation is 1. The van der Waals surface area contributed by atoms with Gasteiger partial charge in [-0.2, -0.15) is 10.4 Å². The zero-order chi connectivity index (χ0) is 22.3. The Kier molecular flexibility index (Phi) is 6.47. The fraction of sp³-hybridized carbons (Fsp3) is 0.192. The van der Waals surface area contributed by atoms with Crippen LogP contribution in [0, 0.1) is 11.3 Å². The van der Waals surface area contributed by atoms with Gasteiger partial charge in [-0.25, -0.2) is 0 Å². The third kappa shape index (κ3) is 4.96. The van der Waals surface area contributed by atoms with Gasteiger partial charge in [0, 0.05) is 60.6 Å². The lowest BCUT2D eigenvalue weighted by molar-refractivity contribution is -0.125. The van der Waals surface area contributed by atoms with Gasteiger partial charge < -0.3 is 9.47 Å². The maximum atomic E-state index is 12.7. The zero-order valence-electron chi connectivity index (χ0n) is 18.1. The lowest BCUT2D eigenvalue weighted by Crippen LogP contribution is -2.23. The molecule has 0 unspecified atom stereocenters. The van der Waals surface area contributed by atoms with Gasteiger partial charge in [0.05, 0.1) is 25.2 Å². The molecule has 1 amide bonds. The first-order chi connectivity index (χ1) is 15.6. The number of nitriles is 1. The van der Waals surface area contributed by atoms with E-state index in [-0.39, 0.29) is 5.91 Å². The zero-order valence-corrected chi connectivity index (χ0v) is 18.1. The van der Waals surface area contributed by atoms with E-state index in [1.54, 1.807) is 24.2 Å². The van der Waals surface area contributed by atoms with Crippen LogP contribution in [0.5, 0.6) is 0 Å². The summed E-state index contributed by atoms with van der Waals surface area (Å²) in [6.07, 6.45) is 9.68. The summed E-state index contributed by atoms with van der Waals surface area (Å²) in [6.45, 7) is 1.82. The van der Waals surface area contributed by atoms with Gasteiger partial charge in [-0.3, -0.25) is 9.48 Å². The van der Waals surface area contributed by atoms with Crippen LogP contribution in [0.15, 0.2) is 79.3 Å². The minimum absolute atomic E-state index is 0.0744. The Morgan fingerprint density at radius 1 is 1.09 bits per heavy atom. The van der Waals surface area contributed by atoms with Crippen LogP contribution in [0.2, 0.25) is 0 Å². The first-order valence-electron chi connectivity index (χ1n) is 10.6. The van der Waals surface area contributed by atoms with E-state index in [2.05, 4.69) is 27.9 Å². The number of hydrogen-bond acceptors (Lipinski definition) is 3. The summed E-state index contributed by atoms with van der Waals surface area (Å²) in [5.41, 5.74) is 4.20. The van der Waals surface area contributed by atoms with Crippen molar-refractivity contribution in [2.24, 2.45) is 0 Å². The van der Waals surface area contributed by atoms with Crippen LogP contribution in [0.25, 0.3) is 17.0 Å². The number of carbonyl (C=O) groups is 1. The molecule has 0 saturated heterocycles. The number of carbonyl (C=O) groups excluding carboxylic acids is 1. The molecule has 0 bridgehead atoms. The Bertz CT molecular complexity index is 1280. The molecule has 2 aromatic heterocycles. The summed E-state index contributed by atoms with van der Waals surface area (Å²) in [4.78, 5) is 14.4. The highest BCUT2D eigenvalue weighted by Crippen LogP contribution is 2.23. The summed E-state index contributed by atoms with van der Waals surface area (Å²) in [7, 11) is 1.79. The third-order valence-corrected chi connectivity index (χ3v) is 5.36. The van der Waals surface area contributed by atoms with Crippen molar-refractivity contribution < 1.29 is 4.79 Å². The smallest absolute Gasteiger partial charge is 0.246 e. The number of amides is 1. The fourth-order valence-electron chi connectivity index (χ4n) is 3.75.